The van der Waals surface area contributed by atoms with Gasteiger partial charge in [0.25, 0.3) is 5.91 Å². The van der Waals surface area contributed by atoms with E-state index in [2.05, 4.69) is 5.32 Å². The first-order valence-electron chi connectivity index (χ1n) is 7.47. The molecular formula is C16H22N2O3. The Hall–Kier alpha value is -1.75. The number of nitrogens with one attached hydrogen (secondary N) is 1. The first kappa shape index (κ1) is 14.2. The number of para-hydroxylation sites is 2. The minimum atomic E-state index is 0.0599. The Morgan fingerprint density at radius 3 is 2.86 bits per heavy atom. The maximum Gasteiger partial charge on any atom is 0.260 e. The number of ether oxygens (including phenoxy) is 2. The third kappa shape index (κ3) is 2.97. The lowest BCUT2D eigenvalue weighted by Gasteiger charge is -2.22. The van der Waals surface area contributed by atoms with Crippen molar-refractivity contribution in [3.63, 3.8) is 0 Å². The number of benzene rings is 1. The van der Waals surface area contributed by atoms with Gasteiger partial charge in [-0.1, -0.05) is 12.1 Å². The Morgan fingerprint density at radius 2 is 2.14 bits per heavy atom. The average molecular weight is 290 g/mol. The van der Waals surface area contributed by atoms with Crippen LogP contribution in [0.1, 0.15) is 12.8 Å². The van der Waals surface area contributed by atoms with E-state index < -0.39 is 0 Å². The molecule has 5 nitrogen and oxygen atoms in total. The molecule has 0 aliphatic carbocycles. The fourth-order valence-corrected chi connectivity index (χ4v) is 3.26. The van der Waals surface area contributed by atoms with E-state index in [9.17, 15) is 4.79 Å². The maximum absolute atomic E-state index is 12.3. The lowest BCUT2D eigenvalue weighted by molar-refractivity contribution is -0.132. The van der Waals surface area contributed by atoms with Crippen LogP contribution in [0.2, 0.25) is 0 Å². The number of carbonyl (C=O) groups excluding carboxylic acids is 1. The van der Waals surface area contributed by atoms with Crippen molar-refractivity contribution in [2.75, 3.05) is 39.9 Å². The Kier molecular flexibility index (Phi) is 4.01. The van der Waals surface area contributed by atoms with Crippen LogP contribution in [0.25, 0.3) is 0 Å². The SMILES string of the molecule is COc1ccccc1OCC(=O)N1CCC2(CCNC2)C1. The molecule has 2 saturated heterocycles. The van der Waals surface area contributed by atoms with Crippen molar-refractivity contribution in [3.05, 3.63) is 24.3 Å². The number of carbonyl (C=O) groups is 1. The molecule has 2 aliphatic rings. The molecule has 2 heterocycles. The van der Waals surface area contributed by atoms with E-state index in [0.29, 0.717) is 16.9 Å². The molecule has 1 aromatic rings. The van der Waals surface area contributed by atoms with Crippen LogP contribution in [-0.2, 0) is 4.79 Å². The molecule has 3 rings (SSSR count). The molecule has 1 amide bonds. The molecular weight excluding hydrogens is 268 g/mol. The van der Waals surface area contributed by atoms with Gasteiger partial charge in [-0.15, -0.1) is 0 Å². The normalized spacial score (nSPS) is 24.5. The summed E-state index contributed by atoms with van der Waals surface area (Å²) in [6.45, 7) is 3.87. The van der Waals surface area contributed by atoms with Gasteiger partial charge in [0, 0.05) is 25.0 Å². The number of nitrogens with zero attached hydrogens (tertiary/aromatic N) is 1. The highest BCUT2D eigenvalue weighted by molar-refractivity contribution is 5.78. The molecule has 2 aliphatic heterocycles. The Balaban J connectivity index is 1.55. The monoisotopic (exact) mass is 290 g/mol. The summed E-state index contributed by atoms with van der Waals surface area (Å²) in [6, 6.07) is 7.40. The third-order valence-corrected chi connectivity index (χ3v) is 4.54. The van der Waals surface area contributed by atoms with Gasteiger partial charge in [-0.2, -0.15) is 0 Å². The maximum atomic E-state index is 12.3. The topological polar surface area (TPSA) is 50.8 Å². The van der Waals surface area contributed by atoms with Gasteiger partial charge in [0.2, 0.25) is 0 Å². The van der Waals surface area contributed by atoms with E-state index in [1.807, 2.05) is 29.2 Å². The summed E-state index contributed by atoms with van der Waals surface area (Å²) in [6.07, 6.45) is 2.27. The quantitative estimate of drug-likeness (QED) is 0.908. The van der Waals surface area contributed by atoms with Gasteiger partial charge < -0.3 is 19.7 Å². The second-order valence-corrected chi connectivity index (χ2v) is 5.93. The van der Waals surface area contributed by atoms with Crippen molar-refractivity contribution in [2.45, 2.75) is 12.8 Å². The van der Waals surface area contributed by atoms with Crippen LogP contribution in [0.4, 0.5) is 0 Å². The fourth-order valence-electron chi connectivity index (χ4n) is 3.26. The summed E-state index contributed by atoms with van der Waals surface area (Å²) in [4.78, 5) is 14.2. The molecule has 114 valence electrons. The molecule has 1 atom stereocenters. The van der Waals surface area contributed by atoms with E-state index in [4.69, 9.17) is 9.47 Å². The van der Waals surface area contributed by atoms with Crippen molar-refractivity contribution >= 4 is 5.91 Å². The van der Waals surface area contributed by atoms with E-state index in [0.717, 1.165) is 32.6 Å². The standard InChI is InChI=1S/C16H22N2O3/c1-20-13-4-2-3-5-14(13)21-10-15(19)18-9-7-16(12-18)6-8-17-11-16/h2-5,17H,6-12H2,1H3. The zero-order chi connectivity index (χ0) is 14.7. The molecule has 1 unspecified atom stereocenters. The van der Waals surface area contributed by atoms with Gasteiger partial charge in [-0.25, -0.2) is 0 Å². The van der Waals surface area contributed by atoms with Crippen molar-refractivity contribution in [1.29, 1.82) is 0 Å². The molecule has 1 N–H and O–H groups in total. The van der Waals surface area contributed by atoms with Gasteiger partial charge in [-0.05, 0) is 31.5 Å². The fraction of sp³-hybridized carbons (Fsp3) is 0.562. The van der Waals surface area contributed by atoms with Gasteiger partial charge in [0.05, 0.1) is 7.11 Å². The molecule has 1 aromatic carbocycles. The van der Waals surface area contributed by atoms with Crippen LogP contribution in [0, 0.1) is 5.41 Å². The second-order valence-electron chi connectivity index (χ2n) is 5.93. The van der Waals surface area contributed by atoms with Crippen LogP contribution >= 0.6 is 0 Å². The van der Waals surface area contributed by atoms with Crippen LogP contribution in [0.5, 0.6) is 11.5 Å². The Morgan fingerprint density at radius 1 is 1.33 bits per heavy atom. The minimum Gasteiger partial charge on any atom is -0.493 e. The number of rotatable bonds is 4. The number of amides is 1. The van der Waals surface area contributed by atoms with E-state index in [1.54, 1.807) is 7.11 Å². The Bertz CT molecular complexity index is 512. The van der Waals surface area contributed by atoms with E-state index in [1.165, 1.54) is 6.42 Å². The minimum absolute atomic E-state index is 0.0599. The largest absolute Gasteiger partial charge is 0.493 e. The summed E-state index contributed by atoms with van der Waals surface area (Å²) in [5.74, 6) is 1.33. The van der Waals surface area contributed by atoms with Gasteiger partial charge in [0.1, 0.15) is 0 Å². The molecule has 21 heavy (non-hydrogen) atoms. The zero-order valence-corrected chi connectivity index (χ0v) is 12.4. The number of methoxy groups -OCH3 is 1. The van der Waals surface area contributed by atoms with Crippen molar-refractivity contribution in [3.8, 4) is 11.5 Å². The molecule has 0 bridgehead atoms. The predicted molar refractivity (Wildman–Crippen MR) is 79.6 cm³/mol. The summed E-state index contributed by atoms with van der Waals surface area (Å²) in [7, 11) is 1.60. The lowest BCUT2D eigenvalue weighted by atomic mass is 9.87. The first-order chi connectivity index (χ1) is 10.2. The third-order valence-electron chi connectivity index (χ3n) is 4.54. The van der Waals surface area contributed by atoms with Gasteiger partial charge in [0.15, 0.2) is 18.1 Å². The highest BCUT2D eigenvalue weighted by Crippen LogP contribution is 2.36. The van der Waals surface area contributed by atoms with Gasteiger partial charge in [-0.3, -0.25) is 4.79 Å². The van der Waals surface area contributed by atoms with Crippen molar-refractivity contribution < 1.29 is 14.3 Å². The lowest BCUT2D eigenvalue weighted by Crippen LogP contribution is -2.36. The summed E-state index contributed by atoms with van der Waals surface area (Å²) < 4.78 is 10.8. The van der Waals surface area contributed by atoms with Crippen LogP contribution in [0.3, 0.4) is 0 Å². The molecule has 2 fully saturated rings. The second kappa shape index (κ2) is 5.93. The molecule has 1 spiro atoms. The average Bonchev–Trinajstić information content (AvgIpc) is 3.16. The Labute approximate surface area is 125 Å². The molecule has 0 saturated carbocycles. The number of hydrogen-bond donors (Lipinski definition) is 1. The summed E-state index contributed by atoms with van der Waals surface area (Å²) in [5, 5.41) is 3.40. The smallest absolute Gasteiger partial charge is 0.260 e. The molecule has 0 radical (unpaired) electrons. The first-order valence-corrected chi connectivity index (χ1v) is 7.47. The van der Waals surface area contributed by atoms with Crippen LogP contribution in [0.15, 0.2) is 24.3 Å². The van der Waals surface area contributed by atoms with E-state index >= 15 is 0 Å². The molecule has 5 heteroatoms. The van der Waals surface area contributed by atoms with Crippen LogP contribution < -0.4 is 14.8 Å². The summed E-state index contributed by atoms with van der Waals surface area (Å²) >= 11 is 0. The highest BCUT2D eigenvalue weighted by Gasteiger charge is 2.41. The summed E-state index contributed by atoms with van der Waals surface area (Å²) in [5.41, 5.74) is 0.306. The number of likely N-dealkylation sites (tertiary alicyclic amines) is 1. The number of hydrogen-bond acceptors (Lipinski definition) is 4. The highest BCUT2D eigenvalue weighted by atomic mass is 16.5. The predicted octanol–water partition coefficient (Wildman–Crippen LogP) is 1.29. The van der Waals surface area contributed by atoms with Crippen molar-refractivity contribution in [2.24, 2.45) is 5.41 Å². The van der Waals surface area contributed by atoms with E-state index in [-0.39, 0.29) is 12.5 Å². The van der Waals surface area contributed by atoms with Gasteiger partial charge >= 0.3 is 0 Å². The zero-order valence-electron chi connectivity index (χ0n) is 12.4. The van der Waals surface area contributed by atoms with Crippen molar-refractivity contribution in [1.82, 2.24) is 10.2 Å². The molecule has 0 aromatic heterocycles. The van der Waals surface area contributed by atoms with Crippen LogP contribution in [-0.4, -0.2) is 50.7 Å².